The Morgan fingerprint density at radius 2 is 1.88 bits per heavy atom. The van der Waals surface area contributed by atoms with E-state index in [1.807, 2.05) is 25.6 Å². The Morgan fingerprint density at radius 1 is 1.25 bits per heavy atom. The summed E-state index contributed by atoms with van der Waals surface area (Å²) in [5, 5.41) is 13.2. The first-order valence-corrected chi connectivity index (χ1v) is 7.68. The zero-order chi connectivity index (χ0) is 12.1. The highest BCUT2D eigenvalue weighted by atomic mass is 32.2. The van der Waals surface area contributed by atoms with Crippen LogP contribution in [0.5, 0.6) is 0 Å². The highest BCUT2D eigenvalue weighted by molar-refractivity contribution is 8.00. The molecular formula is C13H27NOS. The van der Waals surface area contributed by atoms with Gasteiger partial charge >= 0.3 is 0 Å². The maximum Gasteiger partial charge on any atom is 0.0603 e. The molecule has 0 aromatic carbocycles. The van der Waals surface area contributed by atoms with Gasteiger partial charge in [-0.3, -0.25) is 0 Å². The van der Waals surface area contributed by atoms with Crippen molar-refractivity contribution in [3.8, 4) is 0 Å². The molecule has 1 aliphatic carbocycles. The third-order valence-corrected chi connectivity index (χ3v) is 4.98. The molecule has 1 saturated carbocycles. The van der Waals surface area contributed by atoms with Crippen molar-refractivity contribution >= 4 is 11.8 Å². The minimum absolute atomic E-state index is 0.470. The fourth-order valence-electron chi connectivity index (χ4n) is 2.36. The average molecular weight is 245 g/mol. The molecular weight excluding hydrogens is 218 g/mol. The first-order chi connectivity index (χ1) is 7.47. The lowest BCUT2D eigenvalue weighted by molar-refractivity contribution is 0.0709. The number of hydrogen-bond donors (Lipinski definition) is 2. The summed E-state index contributed by atoms with van der Waals surface area (Å²) >= 11 is 2.03. The Kier molecular flexibility index (Phi) is 5.62. The molecule has 2 nitrogen and oxygen atoms in total. The molecule has 3 heteroatoms. The Morgan fingerprint density at radius 3 is 2.38 bits per heavy atom. The molecule has 96 valence electrons. The van der Waals surface area contributed by atoms with Crippen molar-refractivity contribution in [3.05, 3.63) is 0 Å². The van der Waals surface area contributed by atoms with Crippen molar-refractivity contribution in [2.75, 3.05) is 19.3 Å². The molecule has 0 aliphatic heterocycles. The highest BCUT2D eigenvalue weighted by Crippen LogP contribution is 2.37. The van der Waals surface area contributed by atoms with E-state index in [9.17, 15) is 5.11 Å². The zero-order valence-corrected chi connectivity index (χ0v) is 11.8. The van der Waals surface area contributed by atoms with Crippen LogP contribution >= 0.6 is 11.8 Å². The molecule has 0 heterocycles. The maximum absolute atomic E-state index is 9.63. The van der Waals surface area contributed by atoms with Crippen molar-refractivity contribution in [2.45, 2.75) is 62.7 Å². The lowest BCUT2D eigenvalue weighted by Gasteiger charge is -2.36. The summed E-state index contributed by atoms with van der Waals surface area (Å²) in [7, 11) is 0. The normalized spacial score (nSPS) is 21.0. The van der Waals surface area contributed by atoms with Gasteiger partial charge in [0.05, 0.1) is 5.60 Å². The van der Waals surface area contributed by atoms with Gasteiger partial charge in [-0.15, -0.1) is 0 Å². The van der Waals surface area contributed by atoms with Crippen LogP contribution in [0.15, 0.2) is 0 Å². The monoisotopic (exact) mass is 245 g/mol. The molecule has 0 radical (unpaired) electrons. The van der Waals surface area contributed by atoms with Gasteiger partial charge in [-0.2, -0.15) is 11.8 Å². The van der Waals surface area contributed by atoms with E-state index in [0.717, 1.165) is 19.5 Å². The number of thioether (sulfide) groups is 1. The Bertz CT molecular complexity index is 195. The van der Waals surface area contributed by atoms with E-state index in [2.05, 4.69) is 11.6 Å². The van der Waals surface area contributed by atoms with Crippen molar-refractivity contribution in [3.63, 3.8) is 0 Å². The minimum atomic E-state index is -0.536. The molecule has 0 unspecified atom stereocenters. The molecule has 0 aromatic heterocycles. The summed E-state index contributed by atoms with van der Waals surface area (Å²) in [5.41, 5.74) is -0.536. The van der Waals surface area contributed by atoms with Crippen LogP contribution in [0.4, 0.5) is 0 Å². The van der Waals surface area contributed by atoms with Gasteiger partial charge in [-0.1, -0.05) is 19.3 Å². The summed E-state index contributed by atoms with van der Waals surface area (Å²) in [6.45, 7) is 5.77. The van der Waals surface area contributed by atoms with Crippen LogP contribution < -0.4 is 5.32 Å². The van der Waals surface area contributed by atoms with Gasteiger partial charge in [0.1, 0.15) is 0 Å². The molecule has 16 heavy (non-hydrogen) atoms. The van der Waals surface area contributed by atoms with E-state index in [1.165, 1.54) is 32.1 Å². The molecule has 0 amide bonds. The summed E-state index contributed by atoms with van der Waals surface area (Å²) < 4.78 is 0.470. The summed E-state index contributed by atoms with van der Waals surface area (Å²) in [5.74, 6) is 0. The van der Waals surface area contributed by atoms with E-state index in [1.54, 1.807) is 0 Å². The van der Waals surface area contributed by atoms with Crippen molar-refractivity contribution < 1.29 is 5.11 Å². The molecule has 1 fully saturated rings. The number of nitrogens with one attached hydrogen (secondary N) is 1. The molecule has 1 aliphatic rings. The second-order valence-electron chi connectivity index (χ2n) is 5.69. The smallest absolute Gasteiger partial charge is 0.0603 e. The summed E-state index contributed by atoms with van der Waals surface area (Å²) in [4.78, 5) is 0. The first-order valence-electron chi connectivity index (χ1n) is 6.46. The van der Waals surface area contributed by atoms with Gasteiger partial charge in [0, 0.05) is 11.3 Å². The molecule has 2 N–H and O–H groups in total. The Balaban J connectivity index is 2.23. The lowest BCUT2D eigenvalue weighted by atomic mass is 9.88. The average Bonchev–Trinajstić information content (AvgIpc) is 2.25. The van der Waals surface area contributed by atoms with Crippen LogP contribution in [0.1, 0.15) is 52.4 Å². The van der Waals surface area contributed by atoms with Crippen LogP contribution in [0, 0.1) is 0 Å². The van der Waals surface area contributed by atoms with E-state index < -0.39 is 5.60 Å². The molecule has 0 aromatic rings. The van der Waals surface area contributed by atoms with E-state index in [0.29, 0.717) is 4.75 Å². The van der Waals surface area contributed by atoms with Gasteiger partial charge in [-0.25, -0.2) is 0 Å². The van der Waals surface area contributed by atoms with Gasteiger partial charge in [0.25, 0.3) is 0 Å². The van der Waals surface area contributed by atoms with Gasteiger partial charge in [-0.05, 0) is 45.9 Å². The molecule has 1 rings (SSSR count). The summed E-state index contributed by atoms with van der Waals surface area (Å²) in [6.07, 6.45) is 9.95. The fourth-order valence-corrected chi connectivity index (χ4v) is 3.30. The third kappa shape index (κ3) is 5.07. The van der Waals surface area contributed by atoms with Crippen molar-refractivity contribution in [1.82, 2.24) is 5.32 Å². The maximum atomic E-state index is 9.63. The van der Waals surface area contributed by atoms with Crippen LogP contribution in [0.3, 0.4) is 0 Å². The largest absolute Gasteiger partial charge is 0.390 e. The minimum Gasteiger partial charge on any atom is -0.390 e. The second kappa shape index (κ2) is 6.27. The predicted molar refractivity (Wildman–Crippen MR) is 73.1 cm³/mol. The summed E-state index contributed by atoms with van der Waals surface area (Å²) in [6, 6.07) is 0. The zero-order valence-electron chi connectivity index (χ0n) is 11.0. The van der Waals surface area contributed by atoms with Crippen molar-refractivity contribution in [1.29, 1.82) is 0 Å². The van der Waals surface area contributed by atoms with E-state index >= 15 is 0 Å². The second-order valence-corrected chi connectivity index (χ2v) is 6.96. The van der Waals surface area contributed by atoms with Gasteiger partial charge in [0.2, 0.25) is 0 Å². The Labute approximate surface area is 105 Å². The first kappa shape index (κ1) is 14.3. The topological polar surface area (TPSA) is 32.3 Å². The molecule has 0 spiro atoms. The van der Waals surface area contributed by atoms with E-state index in [-0.39, 0.29) is 0 Å². The molecule has 0 atom stereocenters. The van der Waals surface area contributed by atoms with Crippen LogP contribution in [-0.2, 0) is 0 Å². The Hall–Kier alpha value is 0.270. The highest BCUT2D eigenvalue weighted by Gasteiger charge is 2.30. The number of aliphatic hydroxyl groups is 1. The number of rotatable bonds is 6. The molecule has 0 saturated heterocycles. The lowest BCUT2D eigenvalue weighted by Crippen LogP contribution is -2.40. The van der Waals surface area contributed by atoms with Crippen LogP contribution in [0.2, 0.25) is 0 Å². The van der Waals surface area contributed by atoms with Crippen molar-refractivity contribution in [2.24, 2.45) is 0 Å². The van der Waals surface area contributed by atoms with Crippen LogP contribution in [-0.4, -0.2) is 34.8 Å². The standard InChI is InChI=1S/C13H27NOS/c1-12(2,15)9-10-14-11-13(16-3)7-5-4-6-8-13/h14-15H,4-11H2,1-3H3. The fraction of sp³-hybridized carbons (Fsp3) is 1.00. The molecule has 0 bridgehead atoms. The number of hydrogen-bond acceptors (Lipinski definition) is 3. The SMILES string of the molecule is CSC1(CNCCC(C)(C)O)CCCCC1. The van der Waals surface area contributed by atoms with Crippen LogP contribution in [0.25, 0.3) is 0 Å². The van der Waals surface area contributed by atoms with E-state index in [4.69, 9.17) is 0 Å². The van der Waals surface area contributed by atoms with Gasteiger partial charge < -0.3 is 10.4 Å². The third-order valence-electron chi connectivity index (χ3n) is 3.56. The predicted octanol–water partition coefficient (Wildman–Crippen LogP) is 2.80. The quantitative estimate of drug-likeness (QED) is 0.706. The van der Waals surface area contributed by atoms with Gasteiger partial charge in [0.15, 0.2) is 0 Å².